The lowest BCUT2D eigenvalue weighted by atomic mass is 9.95. The number of fused-ring (bicyclic) bond motifs is 2. The highest BCUT2D eigenvalue weighted by atomic mass is 16.5. The highest BCUT2D eigenvalue weighted by Gasteiger charge is 2.43. The molecule has 1 aromatic carbocycles. The van der Waals surface area contributed by atoms with E-state index in [-0.39, 0.29) is 0 Å². The number of nitrogens with zero attached hydrogens (tertiary/aromatic N) is 1. The summed E-state index contributed by atoms with van der Waals surface area (Å²) in [4.78, 5) is 4.41. The lowest BCUT2D eigenvalue weighted by Crippen LogP contribution is -2.48. The first kappa shape index (κ1) is 15.0. The van der Waals surface area contributed by atoms with E-state index < -0.39 is 0 Å². The average molecular weight is 313 g/mol. The Bertz CT molecular complexity index is 567. The molecule has 1 aliphatic carbocycles. The first-order valence-electron chi connectivity index (χ1n) is 8.93. The molecule has 3 fully saturated rings. The van der Waals surface area contributed by atoms with Crippen LogP contribution >= 0.6 is 0 Å². The molecular formula is C19H27N3O. The standard InChI is InChI=1S/C19H27N3O/c1-20-18(22-16-11-15-7-8-17(16)23-15)21-13-19(9-10-19)12-14-5-3-2-4-6-14/h2-6,15-17H,7-13H2,1H3,(H2,20,21,22). The van der Waals surface area contributed by atoms with Crippen molar-refractivity contribution in [2.75, 3.05) is 13.6 Å². The van der Waals surface area contributed by atoms with Crippen LogP contribution in [0.4, 0.5) is 0 Å². The van der Waals surface area contributed by atoms with Gasteiger partial charge in [0.2, 0.25) is 0 Å². The van der Waals surface area contributed by atoms with Crippen LogP contribution in [0.15, 0.2) is 35.3 Å². The van der Waals surface area contributed by atoms with E-state index in [1.807, 2.05) is 7.05 Å². The summed E-state index contributed by atoms with van der Waals surface area (Å²) in [7, 11) is 1.86. The fourth-order valence-corrected chi connectivity index (χ4v) is 4.05. The summed E-state index contributed by atoms with van der Waals surface area (Å²) in [6, 6.07) is 11.3. The Kier molecular flexibility index (Phi) is 4.02. The monoisotopic (exact) mass is 313 g/mol. The van der Waals surface area contributed by atoms with Gasteiger partial charge in [-0.3, -0.25) is 4.99 Å². The zero-order valence-corrected chi connectivity index (χ0v) is 13.9. The van der Waals surface area contributed by atoms with Crippen LogP contribution in [-0.2, 0) is 11.2 Å². The van der Waals surface area contributed by atoms with E-state index in [2.05, 4.69) is 46.0 Å². The summed E-state index contributed by atoms with van der Waals surface area (Å²) in [5.74, 6) is 0.936. The lowest BCUT2D eigenvalue weighted by molar-refractivity contribution is 0.0992. The maximum atomic E-state index is 5.92. The molecule has 3 atom stereocenters. The third-order valence-corrected chi connectivity index (χ3v) is 5.66. The number of benzene rings is 1. The molecule has 2 aliphatic heterocycles. The molecule has 4 nitrogen and oxygen atoms in total. The van der Waals surface area contributed by atoms with Crippen molar-refractivity contribution >= 4 is 5.96 Å². The van der Waals surface area contributed by atoms with Gasteiger partial charge in [-0.25, -0.2) is 0 Å². The van der Waals surface area contributed by atoms with Gasteiger partial charge in [-0.05, 0) is 49.5 Å². The maximum absolute atomic E-state index is 5.92. The normalized spacial score (nSPS) is 31.2. The van der Waals surface area contributed by atoms with Gasteiger partial charge in [0.25, 0.3) is 0 Å². The van der Waals surface area contributed by atoms with Gasteiger partial charge in [0, 0.05) is 13.6 Å². The van der Waals surface area contributed by atoms with Crippen molar-refractivity contribution in [3.63, 3.8) is 0 Å². The summed E-state index contributed by atoms with van der Waals surface area (Å²) in [5.41, 5.74) is 1.86. The molecule has 2 saturated heterocycles. The quantitative estimate of drug-likeness (QED) is 0.648. The van der Waals surface area contributed by atoms with Crippen LogP contribution in [0.5, 0.6) is 0 Å². The Morgan fingerprint density at radius 3 is 2.70 bits per heavy atom. The van der Waals surface area contributed by atoms with Crippen molar-refractivity contribution < 1.29 is 4.74 Å². The first-order chi connectivity index (χ1) is 11.3. The fraction of sp³-hybridized carbons (Fsp3) is 0.632. The molecule has 3 aliphatic rings. The van der Waals surface area contributed by atoms with Crippen molar-refractivity contribution in [1.82, 2.24) is 10.6 Å². The number of ether oxygens (including phenoxy) is 1. The van der Waals surface area contributed by atoms with Crippen LogP contribution in [0.1, 0.15) is 37.7 Å². The molecule has 0 radical (unpaired) electrons. The van der Waals surface area contributed by atoms with E-state index in [0.717, 1.165) is 25.3 Å². The molecule has 124 valence electrons. The number of nitrogens with one attached hydrogen (secondary N) is 2. The highest BCUT2D eigenvalue weighted by molar-refractivity contribution is 5.80. The maximum Gasteiger partial charge on any atom is 0.191 e. The number of hydrogen-bond donors (Lipinski definition) is 2. The molecular weight excluding hydrogens is 286 g/mol. The predicted molar refractivity (Wildman–Crippen MR) is 92.6 cm³/mol. The molecule has 2 bridgehead atoms. The lowest BCUT2D eigenvalue weighted by Gasteiger charge is -2.24. The third-order valence-electron chi connectivity index (χ3n) is 5.66. The van der Waals surface area contributed by atoms with Gasteiger partial charge in [0.1, 0.15) is 0 Å². The smallest absolute Gasteiger partial charge is 0.191 e. The van der Waals surface area contributed by atoms with Crippen molar-refractivity contribution in [1.29, 1.82) is 0 Å². The second kappa shape index (κ2) is 6.16. The SMILES string of the molecule is CN=C(NCC1(Cc2ccccc2)CC1)NC1CC2CCC1O2. The van der Waals surface area contributed by atoms with Gasteiger partial charge in [-0.1, -0.05) is 30.3 Å². The van der Waals surface area contributed by atoms with E-state index in [1.165, 1.54) is 31.2 Å². The zero-order chi connectivity index (χ0) is 15.7. The summed E-state index contributed by atoms with van der Waals surface area (Å²) in [5, 5.41) is 7.14. The van der Waals surface area contributed by atoms with Crippen molar-refractivity contribution in [2.24, 2.45) is 10.4 Å². The number of rotatable bonds is 5. The Hall–Kier alpha value is -1.55. The fourth-order valence-electron chi connectivity index (χ4n) is 4.05. The van der Waals surface area contributed by atoms with Crippen LogP contribution in [-0.4, -0.2) is 37.8 Å². The molecule has 23 heavy (non-hydrogen) atoms. The predicted octanol–water partition coefficient (Wildman–Crippen LogP) is 2.49. The number of guanidine groups is 1. The minimum absolute atomic E-state index is 0.387. The number of hydrogen-bond acceptors (Lipinski definition) is 2. The Balaban J connectivity index is 1.29. The van der Waals surface area contributed by atoms with E-state index in [9.17, 15) is 0 Å². The second-order valence-corrected chi connectivity index (χ2v) is 7.45. The van der Waals surface area contributed by atoms with Gasteiger partial charge in [0.15, 0.2) is 5.96 Å². The molecule has 4 heteroatoms. The minimum Gasteiger partial charge on any atom is -0.373 e. The summed E-state index contributed by atoms with van der Waals surface area (Å²) < 4.78 is 5.92. The molecule has 0 amide bonds. The molecule has 1 aromatic rings. The highest BCUT2D eigenvalue weighted by Crippen LogP contribution is 2.47. The Morgan fingerprint density at radius 2 is 2.09 bits per heavy atom. The van der Waals surface area contributed by atoms with Gasteiger partial charge in [-0.2, -0.15) is 0 Å². The van der Waals surface area contributed by atoms with E-state index in [1.54, 1.807) is 0 Å². The molecule has 0 spiro atoms. The van der Waals surface area contributed by atoms with Gasteiger partial charge >= 0.3 is 0 Å². The topological polar surface area (TPSA) is 45.7 Å². The van der Waals surface area contributed by atoms with Crippen LogP contribution in [0, 0.1) is 5.41 Å². The minimum atomic E-state index is 0.387. The third kappa shape index (κ3) is 3.37. The second-order valence-electron chi connectivity index (χ2n) is 7.45. The molecule has 2 heterocycles. The van der Waals surface area contributed by atoms with Gasteiger partial charge < -0.3 is 15.4 Å². The number of aliphatic imine (C=N–C) groups is 1. The molecule has 4 rings (SSSR count). The van der Waals surface area contributed by atoms with Crippen molar-refractivity contribution in [2.45, 2.75) is 56.8 Å². The van der Waals surface area contributed by atoms with E-state index in [4.69, 9.17) is 4.74 Å². The first-order valence-corrected chi connectivity index (χ1v) is 8.93. The summed E-state index contributed by atoms with van der Waals surface area (Å²) in [6.45, 7) is 1.00. The van der Waals surface area contributed by atoms with Crippen LogP contribution in [0.3, 0.4) is 0 Å². The summed E-state index contributed by atoms with van der Waals surface area (Å²) in [6.07, 6.45) is 8.19. The van der Waals surface area contributed by atoms with Crippen LogP contribution in [0.25, 0.3) is 0 Å². The summed E-state index contributed by atoms with van der Waals surface area (Å²) >= 11 is 0. The molecule has 0 aromatic heterocycles. The molecule has 3 unspecified atom stereocenters. The van der Waals surface area contributed by atoms with Crippen LogP contribution < -0.4 is 10.6 Å². The zero-order valence-electron chi connectivity index (χ0n) is 13.9. The van der Waals surface area contributed by atoms with Crippen LogP contribution in [0.2, 0.25) is 0 Å². The molecule has 1 saturated carbocycles. The largest absolute Gasteiger partial charge is 0.373 e. The van der Waals surface area contributed by atoms with Crippen molar-refractivity contribution in [3.05, 3.63) is 35.9 Å². The van der Waals surface area contributed by atoms with Gasteiger partial charge in [0.05, 0.1) is 18.2 Å². The van der Waals surface area contributed by atoms with E-state index in [0.29, 0.717) is 23.7 Å². The Morgan fingerprint density at radius 1 is 1.26 bits per heavy atom. The van der Waals surface area contributed by atoms with Gasteiger partial charge in [-0.15, -0.1) is 0 Å². The van der Waals surface area contributed by atoms with E-state index >= 15 is 0 Å². The molecule has 2 N–H and O–H groups in total. The average Bonchev–Trinajstić information content (AvgIpc) is 3.03. The van der Waals surface area contributed by atoms with Crippen molar-refractivity contribution in [3.8, 4) is 0 Å². The Labute approximate surface area is 138 Å².